The van der Waals surface area contributed by atoms with Crippen molar-refractivity contribution in [1.29, 1.82) is 5.26 Å². The molecule has 8 nitrogen and oxygen atoms in total. The first-order valence-electron chi connectivity index (χ1n) is 12.7. The second kappa shape index (κ2) is 11.5. The predicted molar refractivity (Wildman–Crippen MR) is 151 cm³/mol. The van der Waals surface area contributed by atoms with Crippen LogP contribution in [0.25, 0.3) is 11.3 Å². The van der Waals surface area contributed by atoms with Crippen LogP contribution in [0.2, 0.25) is 0 Å². The first-order valence-corrected chi connectivity index (χ1v) is 15.0. The highest BCUT2D eigenvalue weighted by Crippen LogP contribution is 2.36. The van der Waals surface area contributed by atoms with Gasteiger partial charge in [0.25, 0.3) is 0 Å². The average molecular weight is 568 g/mol. The number of sulfonamides is 1. The maximum absolute atomic E-state index is 13.6. The molecule has 1 saturated heterocycles. The zero-order valence-corrected chi connectivity index (χ0v) is 24.7. The number of nitrogens with zero attached hydrogens (tertiary/aromatic N) is 3. The van der Waals surface area contributed by atoms with Gasteiger partial charge in [-0.3, -0.25) is 4.79 Å². The Labute approximate surface area is 234 Å². The highest BCUT2D eigenvalue weighted by atomic mass is 32.2. The van der Waals surface area contributed by atoms with Gasteiger partial charge in [0.1, 0.15) is 5.01 Å². The number of aryl methyl sites for hydroxylation is 2. The molecule has 0 amide bonds. The minimum absolute atomic E-state index is 0.207. The van der Waals surface area contributed by atoms with Crippen LogP contribution < -0.4 is 9.47 Å². The van der Waals surface area contributed by atoms with E-state index in [9.17, 15) is 18.5 Å². The molecule has 3 aromatic rings. The number of hydrogen-bond donors (Lipinski definition) is 0. The van der Waals surface area contributed by atoms with Crippen LogP contribution in [0.5, 0.6) is 11.5 Å². The molecule has 10 heteroatoms. The number of piperidine rings is 1. The van der Waals surface area contributed by atoms with Crippen LogP contribution in [0.1, 0.15) is 46.0 Å². The summed E-state index contributed by atoms with van der Waals surface area (Å²) in [6, 6.07) is 9.57. The number of methoxy groups -OCH3 is 2. The number of ether oxygens (including phenoxy) is 2. The number of Topliss-reactive ketones (excluding diaryl/α,β-unsaturated/α-hetero) is 1. The van der Waals surface area contributed by atoms with Crippen LogP contribution in [0.15, 0.2) is 34.5 Å². The van der Waals surface area contributed by atoms with Gasteiger partial charge in [-0.15, -0.1) is 11.3 Å². The van der Waals surface area contributed by atoms with Gasteiger partial charge in [0.15, 0.2) is 23.2 Å². The van der Waals surface area contributed by atoms with Gasteiger partial charge in [-0.25, -0.2) is 13.4 Å². The van der Waals surface area contributed by atoms with Crippen LogP contribution in [0.3, 0.4) is 0 Å². The van der Waals surface area contributed by atoms with Crippen molar-refractivity contribution in [2.45, 2.75) is 51.3 Å². The fourth-order valence-electron chi connectivity index (χ4n) is 5.10. The van der Waals surface area contributed by atoms with E-state index in [4.69, 9.17) is 9.47 Å². The molecule has 0 saturated carbocycles. The smallest absolute Gasteiger partial charge is 0.243 e. The number of hydrogen-bond acceptors (Lipinski definition) is 8. The van der Waals surface area contributed by atoms with Gasteiger partial charge in [0.2, 0.25) is 10.0 Å². The lowest BCUT2D eigenvalue weighted by molar-refractivity contribution is -0.124. The third-order valence-electron chi connectivity index (χ3n) is 7.61. The molecule has 4 rings (SSSR count). The molecule has 0 unspecified atom stereocenters. The van der Waals surface area contributed by atoms with Crippen LogP contribution in [0, 0.1) is 44.9 Å². The molecule has 0 aliphatic carbocycles. The third-order valence-corrected chi connectivity index (χ3v) is 10.7. The fraction of sp³-hybridized carbons (Fsp3) is 0.414. The highest BCUT2D eigenvalue weighted by Gasteiger charge is 2.37. The van der Waals surface area contributed by atoms with Crippen molar-refractivity contribution in [2.75, 3.05) is 27.3 Å². The normalized spacial score (nSPS) is 15.5. The zero-order valence-electron chi connectivity index (χ0n) is 23.1. The minimum atomic E-state index is -3.71. The van der Waals surface area contributed by atoms with Crippen molar-refractivity contribution in [2.24, 2.45) is 5.92 Å². The van der Waals surface area contributed by atoms with Gasteiger partial charge >= 0.3 is 0 Å². The Morgan fingerprint density at radius 1 is 1.05 bits per heavy atom. The minimum Gasteiger partial charge on any atom is -0.493 e. The Bertz CT molecular complexity index is 1520. The standard InChI is InChI=1S/C29H33N3O5S2/c1-17-13-18(2)20(4)28(19(17)3)39(34,35)32-11-9-21(10-12-32)27(33)23(15-30)29-31-24(16-38-29)22-7-8-25(36-5)26(14-22)37-6/h7-8,13-14,16,21,23H,9-12H2,1-6H3/t23-/m0/s1. The van der Waals surface area contributed by atoms with Gasteiger partial charge in [-0.1, -0.05) is 6.07 Å². The molecule has 2 heterocycles. The Hall–Kier alpha value is -3.26. The monoisotopic (exact) mass is 567 g/mol. The number of carbonyl (C=O) groups is 1. The summed E-state index contributed by atoms with van der Waals surface area (Å²) in [5, 5.41) is 12.2. The number of thiazole rings is 1. The molecule has 0 spiro atoms. The lowest BCUT2D eigenvalue weighted by Crippen LogP contribution is -2.41. The first kappa shape index (κ1) is 28.7. The summed E-state index contributed by atoms with van der Waals surface area (Å²) in [4.78, 5) is 18.4. The van der Waals surface area contributed by atoms with E-state index in [0.29, 0.717) is 39.9 Å². The van der Waals surface area contributed by atoms with E-state index in [0.717, 1.165) is 27.8 Å². The van der Waals surface area contributed by atoms with Crippen molar-refractivity contribution in [1.82, 2.24) is 9.29 Å². The molecule has 0 bridgehead atoms. The molecule has 1 fully saturated rings. The second-order valence-corrected chi connectivity index (χ2v) is 12.6. The Kier molecular flexibility index (Phi) is 8.45. The maximum Gasteiger partial charge on any atom is 0.243 e. The highest BCUT2D eigenvalue weighted by molar-refractivity contribution is 7.89. The molecule has 1 aliphatic rings. The summed E-state index contributed by atoms with van der Waals surface area (Å²) >= 11 is 1.27. The van der Waals surface area contributed by atoms with E-state index < -0.39 is 21.9 Å². The van der Waals surface area contributed by atoms with Crippen molar-refractivity contribution in [3.05, 3.63) is 56.9 Å². The van der Waals surface area contributed by atoms with Crippen molar-refractivity contribution >= 4 is 27.1 Å². The average Bonchev–Trinajstić information content (AvgIpc) is 3.42. The SMILES string of the molecule is COc1ccc(-c2csc([C@@H](C#N)C(=O)C3CCN(S(=O)(=O)c4c(C)c(C)cc(C)c4C)CC3)n2)cc1OC. The number of ketones is 1. The van der Waals surface area contributed by atoms with E-state index >= 15 is 0 Å². The summed E-state index contributed by atoms with van der Waals surface area (Å²) in [7, 11) is -0.589. The van der Waals surface area contributed by atoms with Gasteiger partial charge in [-0.05, 0) is 81.0 Å². The van der Waals surface area contributed by atoms with Gasteiger partial charge < -0.3 is 9.47 Å². The predicted octanol–water partition coefficient (Wildman–Crippen LogP) is 5.34. The molecule has 1 aromatic heterocycles. The Morgan fingerprint density at radius 2 is 1.67 bits per heavy atom. The van der Waals surface area contributed by atoms with Crippen LogP contribution >= 0.6 is 11.3 Å². The van der Waals surface area contributed by atoms with E-state index in [-0.39, 0.29) is 18.9 Å². The molecule has 1 atom stereocenters. The fourth-order valence-corrected chi connectivity index (χ4v) is 8.02. The summed E-state index contributed by atoms with van der Waals surface area (Å²) in [5.74, 6) is -0.457. The second-order valence-electron chi connectivity index (χ2n) is 9.87. The largest absolute Gasteiger partial charge is 0.493 e. The molecule has 39 heavy (non-hydrogen) atoms. The summed E-state index contributed by atoms with van der Waals surface area (Å²) in [6.07, 6.45) is 0.736. The number of benzene rings is 2. The van der Waals surface area contributed by atoms with E-state index in [1.165, 1.54) is 15.6 Å². The van der Waals surface area contributed by atoms with Gasteiger partial charge in [0.05, 0.1) is 30.9 Å². The first-order chi connectivity index (χ1) is 18.5. The molecule has 1 aliphatic heterocycles. The van der Waals surface area contributed by atoms with Crippen LogP contribution in [0.4, 0.5) is 0 Å². The quantitative estimate of drug-likeness (QED) is 0.361. The van der Waals surface area contributed by atoms with E-state index in [1.54, 1.807) is 26.4 Å². The number of nitriles is 1. The van der Waals surface area contributed by atoms with E-state index in [1.807, 2.05) is 45.2 Å². The lowest BCUT2D eigenvalue weighted by Gasteiger charge is -2.32. The lowest BCUT2D eigenvalue weighted by atomic mass is 9.87. The molecule has 206 valence electrons. The third kappa shape index (κ3) is 5.44. The number of rotatable bonds is 8. The van der Waals surface area contributed by atoms with E-state index in [2.05, 4.69) is 11.1 Å². The Balaban J connectivity index is 1.49. The Morgan fingerprint density at radius 3 is 2.23 bits per heavy atom. The maximum atomic E-state index is 13.6. The van der Waals surface area contributed by atoms with Gasteiger partial charge in [-0.2, -0.15) is 9.57 Å². The summed E-state index contributed by atoms with van der Waals surface area (Å²) in [5.41, 5.74) is 4.83. The van der Waals surface area contributed by atoms with Crippen LogP contribution in [-0.2, 0) is 14.8 Å². The zero-order chi connectivity index (χ0) is 28.5. The summed E-state index contributed by atoms with van der Waals surface area (Å²) in [6.45, 7) is 7.99. The molecule has 0 radical (unpaired) electrons. The van der Waals surface area contributed by atoms with Crippen molar-refractivity contribution in [3.8, 4) is 28.8 Å². The van der Waals surface area contributed by atoms with Crippen molar-refractivity contribution in [3.63, 3.8) is 0 Å². The summed E-state index contributed by atoms with van der Waals surface area (Å²) < 4.78 is 39.4. The van der Waals surface area contributed by atoms with Crippen LogP contribution in [-0.4, -0.2) is 50.8 Å². The van der Waals surface area contributed by atoms with Crippen molar-refractivity contribution < 1.29 is 22.7 Å². The molecule has 0 N–H and O–H groups in total. The number of carbonyl (C=O) groups excluding carboxylic acids is 1. The molecule has 2 aromatic carbocycles. The number of aromatic nitrogens is 1. The van der Waals surface area contributed by atoms with Gasteiger partial charge in [0, 0.05) is 30.0 Å². The molecular weight excluding hydrogens is 534 g/mol. The molecular formula is C29H33N3O5S2. The topological polar surface area (TPSA) is 110 Å².